The van der Waals surface area contributed by atoms with Gasteiger partial charge in [0.2, 0.25) is 0 Å². The lowest BCUT2D eigenvalue weighted by Crippen LogP contribution is -1.91. The van der Waals surface area contributed by atoms with Crippen molar-refractivity contribution in [3.63, 3.8) is 0 Å². The summed E-state index contributed by atoms with van der Waals surface area (Å²) in [6, 6.07) is 50.7. The van der Waals surface area contributed by atoms with Crippen LogP contribution in [0, 0.1) is 0 Å². The molecule has 222 valence electrons. The van der Waals surface area contributed by atoms with E-state index >= 15 is 0 Å². The summed E-state index contributed by atoms with van der Waals surface area (Å²) in [5, 5.41) is 9.86. The van der Waals surface area contributed by atoms with Gasteiger partial charge in [0.25, 0.3) is 0 Å². The van der Waals surface area contributed by atoms with Gasteiger partial charge in [0.15, 0.2) is 0 Å². The Hall–Kier alpha value is -6.45. The first-order chi connectivity index (χ1) is 23.8. The minimum absolute atomic E-state index is 0.997. The molecular weight excluding hydrogens is 583 g/mol. The fourth-order valence-corrected chi connectivity index (χ4v) is 7.45. The largest absolute Gasteiger partial charge is 0.264 e. The summed E-state index contributed by atoms with van der Waals surface area (Å²) in [6.45, 7) is 0. The van der Waals surface area contributed by atoms with Crippen molar-refractivity contribution in [3.05, 3.63) is 164 Å². The highest BCUT2D eigenvalue weighted by Crippen LogP contribution is 2.43. The molecule has 0 atom stereocenters. The monoisotopic (exact) mass is 609 g/mol. The van der Waals surface area contributed by atoms with Crippen molar-refractivity contribution < 1.29 is 0 Å². The van der Waals surface area contributed by atoms with Crippen molar-refractivity contribution in [2.75, 3.05) is 0 Å². The van der Waals surface area contributed by atoms with Crippen LogP contribution in [0.1, 0.15) is 0 Å². The molecule has 0 amide bonds. The van der Waals surface area contributed by atoms with Crippen molar-refractivity contribution >= 4 is 54.1 Å². The van der Waals surface area contributed by atoms with Gasteiger partial charge < -0.3 is 0 Å². The van der Waals surface area contributed by atoms with Crippen molar-refractivity contribution in [1.29, 1.82) is 0 Å². The number of hydrogen-bond donors (Lipinski definition) is 0. The second kappa shape index (κ2) is 10.5. The summed E-state index contributed by atoms with van der Waals surface area (Å²) in [4.78, 5) is 13.5. The SMILES string of the molecule is c1cncc(-c2ccc3ccc4c(-c5cc(-c6ccc7ncccc7c6)cc(-c6ccc7ncccc7c6)c5)ccc5ccc2c3c54)c1. The minimum atomic E-state index is 0.997. The van der Waals surface area contributed by atoms with Gasteiger partial charge in [-0.05, 0) is 132 Å². The Morgan fingerprint density at radius 1 is 0.333 bits per heavy atom. The van der Waals surface area contributed by atoms with Crippen molar-refractivity contribution in [1.82, 2.24) is 15.0 Å². The van der Waals surface area contributed by atoms with Crippen LogP contribution in [0.3, 0.4) is 0 Å². The third-order valence-corrected chi connectivity index (χ3v) is 9.75. The van der Waals surface area contributed by atoms with Gasteiger partial charge in [0.05, 0.1) is 11.0 Å². The fraction of sp³-hybridized carbons (Fsp3) is 0. The van der Waals surface area contributed by atoms with E-state index in [1.54, 1.807) is 0 Å². The van der Waals surface area contributed by atoms with Gasteiger partial charge in [-0.15, -0.1) is 0 Å². The topological polar surface area (TPSA) is 38.7 Å². The molecular formula is C45H27N3. The van der Waals surface area contributed by atoms with E-state index in [2.05, 4.69) is 136 Å². The van der Waals surface area contributed by atoms with Crippen LogP contribution in [0.2, 0.25) is 0 Å². The molecule has 3 heterocycles. The van der Waals surface area contributed by atoms with E-state index in [0.29, 0.717) is 0 Å². The molecule has 3 aromatic heterocycles. The van der Waals surface area contributed by atoms with E-state index < -0.39 is 0 Å². The lowest BCUT2D eigenvalue weighted by Gasteiger charge is -2.18. The number of benzene rings is 7. The Bertz CT molecular complexity index is 2740. The van der Waals surface area contributed by atoms with Crippen LogP contribution in [0.25, 0.3) is 98.6 Å². The molecule has 0 fully saturated rings. The van der Waals surface area contributed by atoms with Crippen LogP contribution in [0.15, 0.2) is 164 Å². The average molecular weight is 610 g/mol. The van der Waals surface area contributed by atoms with Gasteiger partial charge >= 0.3 is 0 Å². The van der Waals surface area contributed by atoms with E-state index in [0.717, 1.165) is 27.4 Å². The minimum Gasteiger partial charge on any atom is -0.264 e. The van der Waals surface area contributed by atoms with Gasteiger partial charge in [0, 0.05) is 41.1 Å². The predicted octanol–water partition coefficient (Wildman–Crippen LogP) is 11.7. The van der Waals surface area contributed by atoms with Crippen LogP contribution in [-0.4, -0.2) is 15.0 Å². The maximum atomic E-state index is 4.57. The molecule has 0 bridgehead atoms. The van der Waals surface area contributed by atoms with E-state index in [-0.39, 0.29) is 0 Å². The van der Waals surface area contributed by atoms with Crippen molar-refractivity contribution in [2.24, 2.45) is 0 Å². The Balaban J connectivity index is 1.23. The van der Waals surface area contributed by atoms with Gasteiger partial charge in [-0.3, -0.25) is 15.0 Å². The molecule has 0 saturated heterocycles. The van der Waals surface area contributed by atoms with Crippen LogP contribution >= 0.6 is 0 Å². The number of aromatic nitrogens is 3. The Labute approximate surface area is 277 Å². The Kier molecular flexibility index (Phi) is 5.87. The Morgan fingerprint density at radius 3 is 1.42 bits per heavy atom. The zero-order valence-corrected chi connectivity index (χ0v) is 25.9. The van der Waals surface area contributed by atoms with E-state index in [9.17, 15) is 0 Å². The molecule has 0 unspecified atom stereocenters. The number of rotatable bonds is 4. The zero-order chi connectivity index (χ0) is 31.6. The molecule has 10 rings (SSSR count). The first-order valence-corrected chi connectivity index (χ1v) is 16.2. The molecule has 0 radical (unpaired) electrons. The number of pyridine rings is 3. The fourth-order valence-electron chi connectivity index (χ4n) is 7.45. The summed E-state index contributed by atoms with van der Waals surface area (Å²) in [5.74, 6) is 0. The zero-order valence-electron chi connectivity index (χ0n) is 25.9. The highest BCUT2D eigenvalue weighted by Gasteiger charge is 2.16. The maximum Gasteiger partial charge on any atom is 0.0702 e. The molecule has 48 heavy (non-hydrogen) atoms. The summed E-state index contributed by atoms with van der Waals surface area (Å²) in [5.41, 5.74) is 11.4. The highest BCUT2D eigenvalue weighted by atomic mass is 14.6. The lowest BCUT2D eigenvalue weighted by molar-refractivity contribution is 1.33. The van der Waals surface area contributed by atoms with Gasteiger partial charge in [0.1, 0.15) is 0 Å². The van der Waals surface area contributed by atoms with Gasteiger partial charge in [-0.2, -0.15) is 0 Å². The van der Waals surface area contributed by atoms with E-state index in [1.165, 1.54) is 71.3 Å². The quantitative estimate of drug-likeness (QED) is 0.186. The van der Waals surface area contributed by atoms with E-state index in [4.69, 9.17) is 0 Å². The average Bonchev–Trinajstić information content (AvgIpc) is 3.16. The maximum absolute atomic E-state index is 4.57. The van der Waals surface area contributed by atoms with Crippen LogP contribution in [0.4, 0.5) is 0 Å². The van der Waals surface area contributed by atoms with Crippen LogP contribution < -0.4 is 0 Å². The standard InChI is InChI=1S/C45H27N3/c1-6-34(27-46-19-1)38-13-7-28-10-16-41-39(14-8-29-9-15-40(38)44(28)45(29)41)37-25-35(30-11-17-42-32(22-30)4-2-20-47-42)24-36(26-37)31-12-18-43-33(23-31)5-3-21-48-43/h1-27H. The van der Waals surface area contributed by atoms with Crippen molar-refractivity contribution in [2.45, 2.75) is 0 Å². The summed E-state index contributed by atoms with van der Waals surface area (Å²) in [6.07, 6.45) is 7.49. The third-order valence-electron chi connectivity index (χ3n) is 9.75. The molecule has 0 N–H and O–H groups in total. The normalized spacial score (nSPS) is 11.8. The van der Waals surface area contributed by atoms with Crippen LogP contribution in [-0.2, 0) is 0 Å². The highest BCUT2D eigenvalue weighted by molar-refractivity contribution is 6.27. The molecule has 3 heteroatoms. The predicted molar refractivity (Wildman–Crippen MR) is 200 cm³/mol. The molecule has 0 spiro atoms. The van der Waals surface area contributed by atoms with Gasteiger partial charge in [-0.1, -0.05) is 78.9 Å². The third kappa shape index (κ3) is 4.25. The van der Waals surface area contributed by atoms with Gasteiger partial charge in [-0.25, -0.2) is 0 Å². The smallest absolute Gasteiger partial charge is 0.0702 e. The van der Waals surface area contributed by atoms with Crippen LogP contribution in [0.5, 0.6) is 0 Å². The summed E-state index contributed by atoms with van der Waals surface area (Å²) < 4.78 is 0. The second-order valence-corrected chi connectivity index (χ2v) is 12.5. The lowest BCUT2D eigenvalue weighted by atomic mass is 9.86. The number of fused-ring (bicyclic) bond motifs is 2. The molecule has 3 nitrogen and oxygen atoms in total. The molecule has 7 aromatic carbocycles. The first-order valence-electron chi connectivity index (χ1n) is 16.2. The Morgan fingerprint density at radius 2 is 0.854 bits per heavy atom. The molecule has 0 aliphatic carbocycles. The van der Waals surface area contributed by atoms with E-state index in [1.807, 2.05) is 43.0 Å². The molecule has 0 aliphatic rings. The summed E-state index contributed by atoms with van der Waals surface area (Å²) >= 11 is 0. The number of nitrogens with zero attached hydrogens (tertiary/aromatic N) is 3. The first kappa shape index (κ1) is 26.7. The summed E-state index contributed by atoms with van der Waals surface area (Å²) in [7, 11) is 0. The van der Waals surface area contributed by atoms with Crippen molar-refractivity contribution in [3.8, 4) is 44.5 Å². The molecule has 0 aliphatic heterocycles. The molecule has 10 aromatic rings. The molecule has 0 saturated carbocycles. The second-order valence-electron chi connectivity index (χ2n) is 12.5. The number of hydrogen-bond acceptors (Lipinski definition) is 3.